The lowest BCUT2D eigenvalue weighted by Gasteiger charge is -2.53. The van der Waals surface area contributed by atoms with Gasteiger partial charge in [-0.2, -0.15) is 10.1 Å². The maximum Gasteiger partial charge on any atom is 0.341 e. The first kappa shape index (κ1) is 36.7. The first-order valence-electron chi connectivity index (χ1n) is 19.1. The largest absolute Gasteiger partial charge is 0.490 e. The number of aromatic nitrogens is 4. The van der Waals surface area contributed by atoms with E-state index in [-0.39, 0.29) is 23.3 Å². The number of benzene rings is 3. The minimum absolute atomic E-state index is 0.108. The van der Waals surface area contributed by atoms with Crippen LogP contribution in [0.2, 0.25) is 0 Å². The van der Waals surface area contributed by atoms with E-state index in [4.69, 9.17) is 18.9 Å². The molecule has 3 aromatic carbocycles. The number of rotatable bonds is 13. The topological polar surface area (TPSA) is 101 Å². The summed E-state index contributed by atoms with van der Waals surface area (Å²) >= 11 is 0. The van der Waals surface area contributed by atoms with Crippen molar-refractivity contribution in [3.8, 4) is 34.3 Å². The molecule has 56 heavy (non-hydrogen) atoms. The minimum atomic E-state index is -0.388. The summed E-state index contributed by atoms with van der Waals surface area (Å²) in [7, 11) is 0. The highest BCUT2D eigenvalue weighted by atomic mass is 19.1. The average molecular weight is 754 g/mol. The van der Waals surface area contributed by atoms with Crippen molar-refractivity contribution in [2.75, 3.05) is 24.6 Å². The molecule has 6 aromatic rings. The van der Waals surface area contributed by atoms with Crippen molar-refractivity contribution in [3.63, 3.8) is 0 Å². The third-order valence-electron chi connectivity index (χ3n) is 10.6. The van der Waals surface area contributed by atoms with Gasteiger partial charge in [0.2, 0.25) is 11.8 Å². The lowest BCUT2D eigenvalue weighted by molar-refractivity contribution is 0.0526. The van der Waals surface area contributed by atoms with E-state index < -0.39 is 0 Å². The van der Waals surface area contributed by atoms with Gasteiger partial charge in [0.1, 0.15) is 19.0 Å². The van der Waals surface area contributed by atoms with Gasteiger partial charge in [0.25, 0.3) is 0 Å². The van der Waals surface area contributed by atoms with Crippen LogP contribution in [-0.4, -0.2) is 51.5 Å². The van der Waals surface area contributed by atoms with Crippen molar-refractivity contribution >= 4 is 11.8 Å². The minimum Gasteiger partial charge on any atom is -0.490 e. The van der Waals surface area contributed by atoms with E-state index in [1.807, 2.05) is 96.8 Å². The summed E-state index contributed by atoms with van der Waals surface area (Å²) in [5.41, 5.74) is 5.63. The monoisotopic (exact) mass is 753 g/mol. The molecule has 0 bridgehead atoms. The predicted octanol–water partition coefficient (Wildman–Crippen LogP) is 8.94. The zero-order chi connectivity index (χ0) is 38.5. The Labute approximate surface area is 325 Å². The molecule has 11 heteroatoms. The first-order valence-corrected chi connectivity index (χ1v) is 19.1. The Bertz CT molecular complexity index is 2280. The molecular weight excluding hydrogens is 710 g/mol. The van der Waals surface area contributed by atoms with Crippen LogP contribution in [0.5, 0.6) is 17.5 Å². The molecule has 1 saturated heterocycles. The number of nitrogens with zero attached hydrogens (tertiary/aromatic N) is 5. The Morgan fingerprint density at radius 1 is 0.875 bits per heavy atom. The van der Waals surface area contributed by atoms with Gasteiger partial charge in [0.15, 0.2) is 11.6 Å². The molecule has 2 aliphatic rings. The number of esters is 1. The fourth-order valence-electron chi connectivity index (χ4n) is 7.58. The second-order valence-electron chi connectivity index (χ2n) is 14.6. The quantitative estimate of drug-likeness (QED) is 0.107. The summed E-state index contributed by atoms with van der Waals surface area (Å²) < 4.78 is 41.2. The van der Waals surface area contributed by atoms with Crippen LogP contribution in [0.4, 0.5) is 10.2 Å². The number of halogens is 1. The first-order chi connectivity index (χ1) is 27.3. The highest BCUT2D eigenvalue weighted by Gasteiger charge is 2.46. The molecule has 0 amide bonds. The van der Waals surface area contributed by atoms with Crippen LogP contribution in [0.25, 0.3) is 16.8 Å². The van der Waals surface area contributed by atoms with Gasteiger partial charge in [-0.3, -0.25) is 0 Å². The molecule has 0 atom stereocenters. The number of hydrogen-bond acceptors (Lipinski definition) is 9. The van der Waals surface area contributed by atoms with E-state index in [0.717, 1.165) is 66.9 Å². The van der Waals surface area contributed by atoms with E-state index in [1.165, 1.54) is 12.3 Å². The molecule has 0 N–H and O–H groups in total. The third-order valence-corrected chi connectivity index (χ3v) is 10.6. The van der Waals surface area contributed by atoms with Gasteiger partial charge in [-0.05, 0) is 86.6 Å². The Kier molecular flexibility index (Phi) is 10.7. The number of pyridine rings is 2. The molecule has 1 spiro atoms. The molecule has 10 nitrogen and oxygen atoms in total. The number of carbonyl (C=O) groups is 1. The van der Waals surface area contributed by atoms with Crippen LogP contribution in [-0.2, 0) is 18.0 Å². The number of anilines is 1. The van der Waals surface area contributed by atoms with Gasteiger partial charge in [-0.15, -0.1) is 0 Å². The SMILES string of the molecule is CCOC(=O)c1cnn(-c2ccc(OC3CCC4(CC3)CN(c3ncc(-c5ccc(OCc6ccccc6)nc5OCc5ccccc5)cc3F)C4)cc2C)c1. The summed E-state index contributed by atoms with van der Waals surface area (Å²) in [6.45, 7) is 6.28. The fourth-order valence-corrected chi connectivity index (χ4v) is 7.58. The molecule has 0 radical (unpaired) electrons. The Morgan fingerprint density at radius 2 is 1.59 bits per heavy atom. The lowest BCUT2D eigenvalue weighted by Crippen LogP contribution is -2.58. The Hall–Kier alpha value is -6.23. The normalized spacial score (nSPS) is 14.9. The van der Waals surface area contributed by atoms with Gasteiger partial charge in [-0.25, -0.2) is 18.9 Å². The second-order valence-corrected chi connectivity index (χ2v) is 14.6. The van der Waals surface area contributed by atoms with Gasteiger partial charge in [0.05, 0.1) is 30.2 Å². The molecule has 8 rings (SSSR count). The molecule has 4 heterocycles. The van der Waals surface area contributed by atoms with Crippen LogP contribution in [0, 0.1) is 18.2 Å². The van der Waals surface area contributed by atoms with Crippen LogP contribution in [0.3, 0.4) is 0 Å². The fraction of sp³-hybridized carbons (Fsp3) is 0.289. The molecule has 2 fully saturated rings. The number of hydrogen-bond donors (Lipinski definition) is 0. The highest BCUT2D eigenvalue weighted by molar-refractivity contribution is 5.88. The maximum atomic E-state index is 15.8. The van der Waals surface area contributed by atoms with E-state index >= 15 is 4.39 Å². The van der Waals surface area contributed by atoms with Crippen LogP contribution < -0.4 is 19.1 Å². The smallest absolute Gasteiger partial charge is 0.341 e. The Balaban J connectivity index is 0.882. The van der Waals surface area contributed by atoms with Crippen LogP contribution in [0.15, 0.2) is 116 Å². The van der Waals surface area contributed by atoms with E-state index in [2.05, 4.69) is 15.1 Å². The molecule has 0 unspecified atom stereocenters. The van der Waals surface area contributed by atoms with Crippen molar-refractivity contribution < 1.29 is 28.1 Å². The van der Waals surface area contributed by atoms with Crippen molar-refractivity contribution in [2.45, 2.75) is 58.8 Å². The number of aryl methyl sites for hydroxylation is 1. The summed E-state index contributed by atoms with van der Waals surface area (Å²) in [6.07, 6.45) is 8.85. The van der Waals surface area contributed by atoms with Gasteiger partial charge >= 0.3 is 5.97 Å². The zero-order valence-electron chi connectivity index (χ0n) is 31.6. The molecule has 3 aromatic heterocycles. The van der Waals surface area contributed by atoms with Gasteiger partial charge in [-0.1, -0.05) is 60.7 Å². The standard InChI is InChI=1S/C45H44FN5O5/c1-3-53-44(52)35-25-48-51(26-35)40-16-14-37(22-31(40)2)56-36-18-20-45(21-19-36)29-50(30-45)42-39(46)23-34(24-47-42)38-15-17-41(54-27-32-10-6-4-7-11-32)49-43(38)55-28-33-12-8-5-9-13-33/h4-17,22-26,36H,3,18-21,27-30H2,1-2H3. The molecular formula is C45H44FN5O5. The van der Waals surface area contributed by atoms with Gasteiger partial charge in [0, 0.05) is 48.1 Å². The lowest BCUT2D eigenvalue weighted by atomic mass is 9.68. The number of carbonyl (C=O) groups excluding carboxylic acids is 1. The predicted molar refractivity (Wildman–Crippen MR) is 211 cm³/mol. The molecule has 1 aliphatic carbocycles. The average Bonchev–Trinajstić information content (AvgIpc) is 3.70. The van der Waals surface area contributed by atoms with Crippen LogP contribution >= 0.6 is 0 Å². The third kappa shape index (κ3) is 8.22. The second kappa shape index (κ2) is 16.2. The van der Waals surface area contributed by atoms with Gasteiger partial charge < -0.3 is 23.8 Å². The summed E-state index contributed by atoms with van der Waals surface area (Å²) in [5.74, 6) is 1.18. The number of ether oxygens (including phenoxy) is 4. The Morgan fingerprint density at radius 3 is 2.27 bits per heavy atom. The van der Waals surface area contributed by atoms with Crippen molar-refractivity contribution in [1.29, 1.82) is 0 Å². The summed E-state index contributed by atoms with van der Waals surface area (Å²) in [6, 6.07) is 30.8. The van der Waals surface area contributed by atoms with Crippen molar-refractivity contribution in [3.05, 3.63) is 144 Å². The maximum absolute atomic E-state index is 15.8. The van der Waals surface area contributed by atoms with E-state index in [1.54, 1.807) is 30.1 Å². The molecule has 286 valence electrons. The molecule has 1 aliphatic heterocycles. The highest BCUT2D eigenvalue weighted by Crippen LogP contribution is 2.46. The van der Waals surface area contributed by atoms with Crippen molar-refractivity contribution in [2.24, 2.45) is 5.41 Å². The zero-order valence-corrected chi connectivity index (χ0v) is 31.6. The molecule has 1 saturated carbocycles. The van der Waals surface area contributed by atoms with E-state index in [9.17, 15) is 4.79 Å². The summed E-state index contributed by atoms with van der Waals surface area (Å²) in [5, 5.41) is 4.35. The van der Waals surface area contributed by atoms with Crippen LogP contribution in [0.1, 0.15) is 59.7 Å². The van der Waals surface area contributed by atoms with Crippen molar-refractivity contribution in [1.82, 2.24) is 19.7 Å². The summed E-state index contributed by atoms with van der Waals surface area (Å²) in [4.78, 5) is 23.4. The van der Waals surface area contributed by atoms with E-state index in [0.29, 0.717) is 54.1 Å².